The number of aliphatic hydroxyl groups excluding tert-OH is 1. The van der Waals surface area contributed by atoms with E-state index in [1.165, 1.54) is 11.3 Å². The number of amides is 1. The molecule has 1 aromatic heterocycles. The first-order valence-corrected chi connectivity index (χ1v) is 8.20. The summed E-state index contributed by atoms with van der Waals surface area (Å²) in [5.74, 6) is -2.19. The SMILES string of the molecule is Cc1c(C(=O)Nc2ccc3sc(CO)nc3c2)ccc(C(F)(F)F)c1F. The zero-order valence-electron chi connectivity index (χ0n) is 13.3. The van der Waals surface area contributed by atoms with Crippen molar-refractivity contribution in [2.24, 2.45) is 0 Å². The molecule has 4 nitrogen and oxygen atoms in total. The van der Waals surface area contributed by atoms with Crippen LogP contribution in [0, 0.1) is 12.7 Å². The number of hydrogen-bond acceptors (Lipinski definition) is 4. The van der Waals surface area contributed by atoms with E-state index in [0.29, 0.717) is 22.3 Å². The van der Waals surface area contributed by atoms with Crippen molar-refractivity contribution < 1.29 is 27.5 Å². The highest BCUT2D eigenvalue weighted by Crippen LogP contribution is 2.33. The summed E-state index contributed by atoms with van der Waals surface area (Å²) in [6.45, 7) is 0.918. The van der Waals surface area contributed by atoms with E-state index in [1.54, 1.807) is 18.2 Å². The average Bonchev–Trinajstić information content (AvgIpc) is 2.98. The Balaban J connectivity index is 1.89. The minimum atomic E-state index is -4.83. The lowest BCUT2D eigenvalue weighted by Crippen LogP contribution is -2.17. The van der Waals surface area contributed by atoms with Gasteiger partial charge in [-0.3, -0.25) is 4.79 Å². The molecule has 0 fully saturated rings. The number of thiazole rings is 1. The van der Waals surface area contributed by atoms with Gasteiger partial charge in [-0.25, -0.2) is 9.37 Å². The number of fused-ring (bicyclic) bond motifs is 1. The summed E-state index contributed by atoms with van der Waals surface area (Å²) >= 11 is 1.30. The van der Waals surface area contributed by atoms with Crippen LogP contribution in [0.25, 0.3) is 10.2 Å². The molecule has 1 amide bonds. The first kappa shape index (κ1) is 18.3. The van der Waals surface area contributed by atoms with E-state index >= 15 is 0 Å². The van der Waals surface area contributed by atoms with Crippen LogP contribution < -0.4 is 5.32 Å². The number of carbonyl (C=O) groups excluding carboxylic acids is 1. The van der Waals surface area contributed by atoms with Gasteiger partial charge in [0.15, 0.2) is 0 Å². The lowest BCUT2D eigenvalue weighted by atomic mass is 10.0. The topological polar surface area (TPSA) is 62.2 Å². The van der Waals surface area contributed by atoms with E-state index in [2.05, 4.69) is 10.3 Å². The summed E-state index contributed by atoms with van der Waals surface area (Å²) in [6, 6.07) is 6.35. The van der Waals surface area contributed by atoms with Crippen LogP contribution in [0.3, 0.4) is 0 Å². The highest BCUT2D eigenvalue weighted by Gasteiger charge is 2.35. The molecule has 2 aromatic carbocycles. The van der Waals surface area contributed by atoms with Gasteiger partial charge in [-0.05, 0) is 42.8 Å². The van der Waals surface area contributed by atoms with Crippen molar-refractivity contribution >= 4 is 33.1 Å². The zero-order chi connectivity index (χ0) is 19.1. The summed E-state index contributed by atoms with van der Waals surface area (Å²) in [7, 11) is 0. The van der Waals surface area contributed by atoms with Crippen molar-refractivity contribution in [2.75, 3.05) is 5.32 Å². The van der Waals surface area contributed by atoms with Crippen molar-refractivity contribution in [3.63, 3.8) is 0 Å². The normalized spacial score (nSPS) is 11.8. The van der Waals surface area contributed by atoms with Crippen molar-refractivity contribution in [2.45, 2.75) is 19.7 Å². The number of benzene rings is 2. The van der Waals surface area contributed by atoms with Crippen LogP contribution in [-0.2, 0) is 12.8 Å². The summed E-state index contributed by atoms with van der Waals surface area (Å²) in [5.41, 5.74) is -1.06. The molecule has 0 spiro atoms. The Morgan fingerprint density at radius 3 is 2.65 bits per heavy atom. The first-order chi connectivity index (χ1) is 12.2. The molecule has 3 aromatic rings. The van der Waals surface area contributed by atoms with Crippen LogP contribution in [0.15, 0.2) is 30.3 Å². The molecule has 0 unspecified atom stereocenters. The number of aromatic nitrogens is 1. The fourth-order valence-electron chi connectivity index (χ4n) is 2.47. The number of alkyl halides is 3. The number of nitrogens with one attached hydrogen (secondary N) is 1. The third-order valence-electron chi connectivity index (χ3n) is 3.76. The second-order valence-corrected chi connectivity index (χ2v) is 6.61. The lowest BCUT2D eigenvalue weighted by molar-refractivity contribution is -0.140. The number of carbonyl (C=O) groups is 1. The average molecular weight is 384 g/mol. The first-order valence-electron chi connectivity index (χ1n) is 7.38. The second kappa shape index (κ2) is 6.65. The Morgan fingerprint density at radius 2 is 2.00 bits per heavy atom. The zero-order valence-corrected chi connectivity index (χ0v) is 14.1. The van der Waals surface area contributed by atoms with Crippen molar-refractivity contribution in [1.82, 2.24) is 4.98 Å². The minimum absolute atomic E-state index is 0.190. The van der Waals surface area contributed by atoms with Crippen LogP contribution in [-0.4, -0.2) is 16.0 Å². The molecule has 2 N–H and O–H groups in total. The Kier molecular flexibility index (Phi) is 4.68. The Labute approximate surface area is 149 Å². The van der Waals surface area contributed by atoms with Crippen LogP contribution in [0.2, 0.25) is 0 Å². The molecule has 0 radical (unpaired) electrons. The van der Waals surface area contributed by atoms with E-state index < -0.39 is 23.5 Å². The molecular weight excluding hydrogens is 372 g/mol. The number of anilines is 1. The van der Waals surface area contributed by atoms with Gasteiger partial charge in [0.25, 0.3) is 5.91 Å². The van der Waals surface area contributed by atoms with Gasteiger partial charge in [0.2, 0.25) is 0 Å². The maximum Gasteiger partial charge on any atom is 0.419 e. The Morgan fingerprint density at radius 1 is 1.27 bits per heavy atom. The number of halogens is 4. The number of aliphatic hydroxyl groups is 1. The fourth-order valence-corrected chi connectivity index (χ4v) is 3.28. The fraction of sp³-hybridized carbons (Fsp3) is 0.176. The number of hydrogen-bond donors (Lipinski definition) is 2. The third kappa shape index (κ3) is 3.40. The molecule has 0 saturated heterocycles. The summed E-state index contributed by atoms with van der Waals surface area (Å²) in [5, 5.41) is 12.1. The van der Waals surface area contributed by atoms with E-state index in [9.17, 15) is 22.4 Å². The highest BCUT2D eigenvalue weighted by atomic mass is 32.1. The lowest BCUT2D eigenvalue weighted by Gasteiger charge is -2.13. The summed E-state index contributed by atoms with van der Waals surface area (Å²) in [6.07, 6.45) is -4.83. The van der Waals surface area contributed by atoms with Gasteiger partial charge in [0, 0.05) is 11.3 Å². The quantitative estimate of drug-likeness (QED) is 0.654. The van der Waals surface area contributed by atoms with Crippen LogP contribution >= 0.6 is 11.3 Å². The molecule has 0 atom stereocenters. The minimum Gasteiger partial charge on any atom is -0.389 e. The molecule has 26 heavy (non-hydrogen) atoms. The van der Waals surface area contributed by atoms with Crippen molar-refractivity contribution in [3.05, 3.63) is 57.8 Å². The second-order valence-electron chi connectivity index (χ2n) is 5.50. The third-order valence-corrected chi connectivity index (χ3v) is 4.78. The van der Waals surface area contributed by atoms with Gasteiger partial charge < -0.3 is 10.4 Å². The van der Waals surface area contributed by atoms with Gasteiger partial charge in [-0.2, -0.15) is 13.2 Å². The standard InChI is InChI=1S/C17H12F4N2O2S/c1-8-10(3-4-11(15(8)18)17(19,20)21)16(25)22-9-2-5-13-12(6-9)23-14(7-24)26-13/h2-6,24H,7H2,1H3,(H,22,25). The highest BCUT2D eigenvalue weighted by molar-refractivity contribution is 7.18. The van der Waals surface area contributed by atoms with Crippen LogP contribution in [0.4, 0.5) is 23.2 Å². The van der Waals surface area contributed by atoms with Crippen LogP contribution in [0.1, 0.15) is 26.5 Å². The molecule has 3 rings (SSSR count). The molecule has 0 aliphatic heterocycles. The van der Waals surface area contributed by atoms with Gasteiger partial charge in [0.1, 0.15) is 10.8 Å². The van der Waals surface area contributed by atoms with E-state index in [4.69, 9.17) is 5.11 Å². The monoisotopic (exact) mass is 384 g/mol. The predicted octanol–water partition coefficient (Wildman–Crippen LogP) is 4.51. The van der Waals surface area contributed by atoms with Gasteiger partial charge >= 0.3 is 6.18 Å². The van der Waals surface area contributed by atoms with Crippen molar-refractivity contribution in [3.8, 4) is 0 Å². The maximum absolute atomic E-state index is 14.0. The van der Waals surface area contributed by atoms with Crippen molar-refractivity contribution in [1.29, 1.82) is 0 Å². The predicted molar refractivity (Wildman–Crippen MR) is 89.6 cm³/mol. The molecule has 9 heteroatoms. The molecule has 0 aliphatic rings. The van der Waals surface area contributed by atoms with Gasteiger partial charge in [-0.15, -0.1) is 11.3 Å². The number of rotatable bonds is 3. The van der Waals surface area contributed by atoms with Crippen LogP contribution in [0.5, 0.6) is 0 Å². The van der Waals surface area contributed by atoms with E-state index in [0.717, 1.165) is 17.7 Å². The van der Waals surface area contributed by atoms with Gasteiger partial charge in [-0.1, -0.05) is 0 Å². The molecule has 136 valence electrons. The maximum atomic E-state index is 14.0. The molecule has 0 aliphatic carbocycles. The molecule has 0 saturated carbocycles. The Hall–Kier alpha value is -2.52. The molecule has 1 heterocycles. The van der Waals surface area contributed by atoms with E-state index in [1.807, 2.05) is 0 Å². The smallest absolute Gasteiger partial charge is 0.389 e. The summed E-state index contributed by atoms with van der Waals surface area (Å²) in [4.78, 5) is 16.5. The summed E-state index contributed by atoms with van der Waals surface area (Å²) < 4.78 is 53.0. The Bertz CT molecular complexity index is 998. The number of nitrogens with zero attached hydrogens (tertiary/aromatic N) is 1. The van der Waals surface area contributed by atoms with Gasteiger partial charge in [0.05, 0.1) is 22.4 Å². The molecular formula is C17H12F4N2O2S. The largest absolute Gasteiger partial charge is 0.419 e. The molecule has 0 bridgehead atoms. The van der Waals surface area contributed by atoms with E-state index in [-0.39, 0.29) is 17.7 Å².